The Labute approximate surface area is 85.3 Å². The van der Waals surface area contributed by atoms with E-state index in [1.165, 1.54) is 0 Å². The van der Waals surface area contributed by atoms with Gasteiger partial charge < -0.3 is 20.1 Å². The minimum Gasteiger partial charge on any atom is -0.380 e. The number of nitrogens with zero attached hydrogens (tertiary/aromatic N) is 1. The van der Waals surface area contributed by atoms with Crippen LogP contribution in [0.15, 0.2) is 0 Å². The quantitative estimate of drug-likeness (QED) is 0.664. The Morgan fingerprint density at radius 3 is 2.86 bits per heavy atom. The van der Waals surface area contributed by atoms with Crippen LogP contribution >= 0.6 is 0 Å². The van der Waals surface area contributed by atoms with Crippen molar-refractivity contribution in [2.75, 3.05) is 46.1 Å². The van der Waals surface area contributed by atoms with Gasteiger partial charge in [0, 0.05) is 38.2 Å². The van der Waals surface area contributed by atoms with Crippen molar-refractivity contribution in [3.8, 4) is 0 Å². The van der Waals surface area contributed by atoms with Crippen molar-refractivity contribution in [3.05, 3.63) is 0 Å². The summed E-state index contributed by atoms with van der Waals surface area (Å²) in [7, 11) is 0. The van der Waals surface area contributed by atoms with Gasteiger partial charge in [0.25, 0.3) is 0 Å². The molecule has 4 nitrogen and oxygen atoms in total. The fourth-order valence-corrected chi connectivity index (χ4v) is 2.12. The topological polar surface area (TPSA) is 47.7 Å². The molecule has 2 unspecified atom stereocenters. The Hall–Kier alpha value is -0.160. The average Bonchev–Trinajstić information content (AvgIpc) is 2.44. The maximum absolute atomic E-state index is 5.95. The Kier molecular flexibility index (Phi) is 3.75. The van der Waals surface area contributed by atoms with Gasteiger partial charge in [0.15, 0.2) is 0 Å². The predicted octanol–water partition coefficient (Wildman–Crippen LogP) is -0.318. The lowest BCUT2D eigenvalue weighted by Crippen LogP contribution is -2.39. The minimum absolute atomic E-state index is 0.235. The molecule has 0 aromatic carbocycles. The Morgan fingerprint density at radius 1 is 1.14 bits per heavy atom. The zero-order valence-corrected chi connectivity index (χ0v) is 8.65. The fourth-order valence-electron chi connectivity index (χ4n) is 2.12. The summed E-state index contributed by atoms with van der Waals surface area (Å²) in [5, 5.41) is 0. The monoisotopic (exact) mass is 200 g/mol. The third kappa shape index (κ3) is 2.67. The molecule has 2 fully saturated rings. The third-order valence-corrected chi connectivity index (χ3v) is 3.06. The summed E-state index contributed by atoms with van der Waals surface area (Å²) < 4.78 is 10.8. The second kappa shape index (κ2) is 5.07. The van der Waals surface area contributed by atoms with E-state index < -0.39 is 0 Å². The van der Waals surface area contributed by atoms with Crippen LogP contribution in [0.3, 0.4) is 0 Å². The number of nitrogens with two attached hydrogens (primary N) is 1. The van der Waals surface area contributed by atoms with E-state index in [0.717, 1.165) is 52.5 Å². The molecule has 0 spiro atoms. The van der Waals surface area contributed by atoms with Gasteiger partial charge in [-0.2, -0.15) is 0 Å². The highest BCUT2D eigenvalue weighted by atomic mass is 16.5. The highest BCUT2D eigenvalue weighted by molar-refractivity contribution is 4.81. The standard InChI is InChI=1S/C10H20N2O2/c11-10-8-14-7-9(10)6-12-2-1-4-13-5-3-12/h9-10H,1-8,11H2. The summed E-state index contributed by atoms with van der Waals surface area (Å²) in [5.74, 6) is 0.521. The lowest BCUT2D eigenvalue weighted by Gasteiger charge is -2.24. The number of hydrogen-bond donors (Lipinski definition) is 1. The second-order valence-corrected chi connectivity index (χ2v) is 4.23. The van der Waals surface area contributed by atoms with Crippen LogP contribution in [0.1, 0.15) is 6.42 Å². The Morgan fingerprint density at radius 2 is 2.07 bits per heavy atom. The fraction of sp³-hybridized carbons (Fsp3) is 1.00. The maximum Gasteiger partial charge on any atom is 0.0621 e. The molecule has 0 aromatic rings. The number of hydrogen-bond acceptors (Lipinski definition) is 4. The van der Waals surface area contributed by atoms with Crippen LogP contribution in [0.5, 0.6) is 0 Å². The molecule has 2 aliphatic rings. The molecule has 2 atom stereocenters. The third-order valence-electron chi connectivity index (χ3n) is 3.06. The van der Waals surface area contributed by atoms with E-state index in [1.54, 1.807) is 0 Å². The first-order valence-corrected chi connectivity index (χ1v) is 5.49. The Bertz CT molecular complexity index is 170. The van der Waals surface area contributed by atoms with E-state index in [9.17, 15) is 0 Å². The zero-order chi connectivity index (χ0) is 9.80. The molecule has 2 heterocycles. The normalized spacial score (nSPS) is 35.8. The van der Waals surface area contributed by atoms with Gasteiger partial charge in [0.1, 0.15) is 0 Å². The van der Waals surface area contributed by atoms with Crippen LogP contribution in [0.25, 0.3) is 0 Å². The van der Waals surface area contributed by atoms with Crippen LogP contribution in [-0.2, 0) is 9.47 Å². The molecule has 0 radical (unpaired) electrons. The SMILES string of the molecule is NC1COCC1CN1CCCOCC1. The summed E-state index contributed by atoms with van der Waals surface area (Å²) in [6.45, 7) is 6.59. The van der Waals surface area contributed by atoms with Gasteiger partial charge in [0.2, 0.25) is 0 Å². The van der Waals surface area contributed by atoms with Crippen LogP contribution < -0.4 is 5.73 Å². The summed E-state index contributed by atoms with van der Waals surface area (Å²) in [5.41, 5.74) is 5.95. The van der Waals surface area contributed by atoms with E-state index in [-0.39, 0.29) is 6.04 Å². The first-order valence-electron chi connectivity index (χ1n) is 5.49. The second-order valence-electron chi connectivity index (χ2n) is 4.23. The first-order chi connectivity index (χ1) is 6.86. The van der Waals surface area contributed by atoms with E-state index in [0.29, 0.717) is 5.92 Å². The van der Waals surface area contributed by atoms with Crippen LogP contribution in [-0.4, -0.2) is 57.0 Å². The smallest absolute Gasteiger partial charge is 0.0621 e. The molecule has 0 amide bonds. The zero-order valence-electron chi connectivity index (χ0n) is 8.65. The predicted molar refractivity (Wildman–Crippen MR) is 54.2 cm³/mol. The molecule has 2 aliphatic heterocycles. The highest BCUT2D eigenvalue weighted by Gasteiger charge is 2.26. The molecule has 2 N–H and O–H groups in total. The minimum atomic E-state index is 0.235. The summed E-state index contributed by atoms with van der Waals surface area (Å²) >= 11 is 0. The van der Waals surface area contributed by atoms with E-state index in [4.69, 9.17) is 15.2 Å². The lowest BCUT2D eigenvalue weighted by atomic mass is 10.0. The van der Waals surface area contributed by atoms with Crippen molar-refractivity contribution in [1.29, 1.82) is 0 Å². The van der Waals surface area contributed by atoms with E-state index in [1.807, 2.05) is 0 Å². The van der Waals surface area contributed by atoms with Gasteiger partial charge in [0.05, 0.1) is 19.8 Å². The molecule has 2 saturated heterocycles. The largest absolute Gasteiger partial charge is 0.380 e. The first kappa shape index (κ1) is 10.4. The molecule has 0 saturated carbocycles. The van der Waals surface area contributed by atoms with Gasteiger partial charge in [-0.3, -0.25) is 0 Å². The summed E-state index contributed by atoms with van der Waals surface area (Å²) in [6, 6.07) is 0.235. The van der Waals surface area contributed by atoms with Gasteiger partial charge >= 0.3 is 0 Å². The van der Waals surface area contributed by atoms with Gasteiger partial charge in [-0.05, 0) is 6.42 Å². The number of ether oxygens (including phenoxy) is 2. The van der Waals surface area contributed by atoms with Crippen molar-refractivity contribution in [2.24, 2.45) is 11.7 Å². The van der Waals surface area contributed by atoms with Gasteiger partial charge in [-0.15, -0.1) is 0 Å². The summed E-state index contributed by atoms with van der Waals surface area (Å²) in [6.07, 6.45) is 1.14. The summed E-state index contributed by atoms with van der Waals surface area (Å²) in [4.78, 5) is 2.45. The van der Waals surface area contributed by atoms with Crippen molar-refractivity contribution < 1.29 is 9.47 Å². The molecule has 4 heteroatoms. The lowest BCUT2D eigenvalue weighted by molar-refractivity contribution is 0.134. The molecule has 0 aromatic heterocycles. The van der Waals surface area contributed by atoms with Gasteiger partial charge in [-0.25, -0.2) is 0 Å². The molecule has 14 heavy (non-hydrogen) atoms. The molecular weight excluding hydrogens is 180 g/mol. The number of rotatable bonds is 2. The van der Waals surface area contributed by atoms with Crippen molar-refractivity contribution in [1.82, 2.24) is 4.90 Å². The molecule has 0 bridgehead atoms. The van der Waals surface area contributed by atoms with Crippen molar-refractivity contribution >= 4 is 0 Å². The molecule has 82 valence electrons. The molecule has 2 rings (SSSR count). The molecular formula is C10H20N2O2. The van der Waals surface area contributed by atoms with Crippen LogP contribution in [0, 0.1) is 5.92 Å². The maximum atomic E-state index is 5.95. The van der Waals surface area contributed by atoms with Crippen molar-refractivity contribution in [2.45, 2.75) is 12.5 Å². The van der Waals surface area contributed by atoms with Crippen molar-refractivity contribution in [3.63, 3.8) is 0 Å². The molecule has 0 aliphatic carbocycles. The van der Waals surface area contributed by atoms with E-state index >= 15 is 0 Å². The van der Waals surface area contributed by atoms with E-state index in [2.05, 4.69) is 4.90 Å². The highest BCUT2D eigenvalue weighted by Crippen LogP contribution is 2.14. The van der Waals surface area contributed by atoms with Crippen LogP contribution in [0.4, 0.5) is 0 Å². The van der Waals surface area contributed by atoms with Gasteiger partial charge in [-0.1, -0.05) is 0 Å². The van der Waals surface area contributed by atoms with Crippen LogP contribution in [0.2, 0.25) is 0 Å². The average molecular weight is 200 g/mol. The Balaban J connectivity index is 1.77.